The summed E-state index contributed by atoms with van der Waals surface area (Å²) in [7, 11) is 0. The molecule has 0 bridgehead atoms. The number of hydrogen-bond donors (Lipinski definition) is 3. The Morgan fingerprint density at radius 2 is 2.10 bits per heavy atom. The van der Waals surface area contributed by atoms with Crippen molar-refractivity contribution in [3.05, 3.63) is 17.7 Å². The molecule has 1 fully saturated rings. The van der Waals surface area contributed by atoms with Gasteiger partial charge >= 0.3 is 0 Å². The number of anilines is 3. The number of hydrogen-bond acceptors (Lipinski definition) is 3. The molecule has 4 heteroatoms. The second kappa shape index (κ2) is 5.00. The first-order valence-electron chi connectivity index (χ1n) is 7.58. The zero-order valence-corrected chi connectivity index (χ0v) is 12.1. The molecule has 0 radical (unpaired) electrons. The number of amides is 1. The van der Waals surface area contributed by atoms with E-state index in [4.69, 9.17) is 5.73 Å². The molecule has 2 aliphatic rings. The quantitative estimate of drug-likeness (QED) is 0.738. The van der Waals surface area contributed by atoms with E-state index in [1.807, 2.05) is 12.1 Å². The molecule has 3 rings (SSSR count). The van der Waals surface area contributed by atoms with E-state index in [1.54, 1.807) is 0 Å². The van der Waals surface area contributed by atoms with Gasteiger partial charge in [-0.05, 0) is 42.4 Å². The second-order valence-electron chi connectivity index (χ2n) is 6.24. The molecule has 1 aromatic carbocycles. The Labute approximate surface area is 120 Å². The fourth-order valence-electron chi connectivity index (χ4n) is 3.51. The van der Waals surface area contributed by atoms with E-state index in [1.165, 1.54) is 32.1 Å². The van der Waals surface area contributed by atoms with Gasteiger partial charge in [0.1, 0.15) is 0 Å². The summed E-state index contributed by atoms with van der Waals surface area (Å²) in [6.07, 6.45) is 6.94. The Kier molecular flexibility index (Phi) is 3.32. The minimum absolute atomic E-state index is 0.0531. The van der Waals surface area contributed by atoms with Gasteiger partial charge < -0.3 is 16.4 Å². The predicted octanol–water partition coefficient (Wildman–Crippen LogP) is 3.15. The second-order valence-corrected chi connectivity index (χ2v) is 6.24. The predicted molar refractivity (Wildman–Crippen MR) is 82.9 cm³/mol. The van der Waals surface area contributed by atoms with Crippen molar-refractivity contribution in [2.75, 3.05) is 22.9 Å². The lowest BCUT2D eigenvalue weighted by atomic mass is 9.83. The molecular weight excluding hydrogens is 250 g/mol. The van der Waals surface area contributed by atoms with Crippen LogP contribution in [0.5, 0.6) is 0 Å². The van der Waals surface area contributed by atoms with Crippen LogP contribution in [-0.4, -0.2) is 12.5 Å². The van der Waals surface area contributed by atoms with Crippen molar-refractivity contribution < 1.29 is 4.79 Å². The number of carbonyl (C=O) groups is 1. The standard InChI is InChI=1S/C16H23N3O/c1-2-16(5-3-4-6-16)10-18-14-9-13-11(7-12(14)17)8-15(20)19-13/h7,9,18H,2-6,8,10,17H2,1H3,(H,19,20). The van der Waals surface area contributed by atoms with Crippen molar-refractivity contribution in [2.45, 2.75) is 45.4 Å². The van der Waals surface area contributed by atoms with E-state index in [2.05, 4.69) is 17.6 Å². The van der Waals surface area contributed by atoms with Crippen molar-refractivity contribution in [1.82, 2.24) is 0 Å². The average molecular weight is 273 g/mol. The highest BCUT2D eigenvalue weighted by Crippen LogP contribution is 2.41. The molecule has 4 nitrogen and oxygen atoms in total. The number of nitrogens with one attached hydrogen (secondary N) is 2. The van der Waals surface area contributed by atoms with Crippen LogP contribution in [-0.2, 0) is 11.2 Å². The normalized spacial score (nSPS) is 19.8. The van der Waals surface area contributed by atoms with Crippen molar-refractivity contribution in [2.24, 2.45) is 5.41 Å². The van der Waals surface area contributed by atoms with Crippen molar-refractivity contribution >= 4 is 23.0 Å². The number of nitrogen functional groups attached to an aromatic ring is 1. The van der Waals surface area contributed by atoms with Gasteiger partial charge in [-0.25, -0.2) is 0 Å². The maximum Gasteiger partial charge on any atom is 0.228 e. The fourth-order valence-corrected chi connectivity index (χ4v) is 3.51. The summed E-state index contributed by atoms with van der Waals surface area (Å²) in [5, 5.41) is 6.40. The molecule has 0 unspecified atom stereocenters. The molecule has 1 heterocycles. The van der Waals surface area contributed by atoms with E-state index in [0.717, 1.165) is 29.2 Å². The molecular formula is C16H23N3O. The van der Waals surface area contributed by atoms with Gasteiger partial charge in [-0.3, -0.25) is 4.79 Å². The van der Waals surface area contributed by atoms with Crippen LogP contribution in [0.3, 0.4) is 0 Å². The highest BCUT2D eigenvalue weighted by molar-refractivity contribution is 6.00. The van der Waals surface area contributed by atoms with E-state index in [0.29, 0.717) is 11.8 Å². The van der Waals surface area contributed by atoms with E-state index < -0.39 is 0 Å². The number of benzene rings is 1. The largest absolute Gasteiger partial charge is 0.397 e. The molecule has 0 atom stereocenters. The number of rotatable bonds is 4. The molecule has 1 amide bonds. The van der Waals surface area contributed by atoms with Gasteiger partial charge in [-0.1, -0.05) is 19.8 Å². The summed E-state index contributed by atoms with van der Waals surface area (Å²) in [4.78, 5) is 11.4. The Morgan fingerprint density at radius 3 is 2.80 bits per heavy atom. The van der Waals surface area contributed by atoms with Crippen LogP contribution in [0.4, 0.5) is 17.1 Å². The maximum atomic E-state index is 11.4. The smallest absolute Gasteiger partial charge is 0.228 e. The topological polar surface area (TPSA) is 67.1 Å². The summed E-state index contributed by atoms with van der Waals surface area (Å²) in [5.74, 6) is 0.0531. The van der Waals surface area contributed by atoms with Gasteiger partial charge in [-0.2, -0.15) is 0 Å². The van der Waals surface area contributed by atoms with Crippen LogP contribution in [0, 0.1) is 5.41 Å². The molecule has 0 aromatic heterocycles. The molecule has 108 valence electrons. The van der Waals surface area contributed by atoms with Crippen LogP contribution in [0.1, 0.15) is 44.6 Å². The van der Waals surface area contributed by atoms with E-state index >= 15 is 0 Å². The molecule has 0 saturated heterocycles. The highest BCUT2D eigenvalue weighted by atomic mass is 16.1. The van der Waals surface area contributed by atoms with Crippen LogP contribution in [0.2, 0.25) is 0 Å². The third kappa shape index (κ3) is 2.35. The van der Waals surface area contributed by atoms with E-state index in [9.17, 15) is 4.79 Å². The molecule has 1 saturated carbocycles. The van der Waals surface area contributed by atoms with Crippen molar-refractivity contribution in [3.8, 4) is 0 Å². The number of fused-ring (bicyclic) bond motifs is 1. The maximum absolute atomic E-state index is 11.4. The third-order valence-corrected chi connectivity index (χ3v) is 4.97. The first-order chi connectivity index (χ1) is 9.62. The molecule has 0 spiro atoms. The Bertz CT molecular complexity index is 533. The molecule has 1 aromatic rings. The summed E-state index contributed by atoms with van der Waals surface area (Å²) < 4.78 is 0. The number of nitrogens with two attached hydrogens (primary N) is 1. The number of carbonyl (C=O) groups excluding carboxylic acids is 1. The van der Waals surface area contributed by atoms with Gasteiger partial charge in [0.15, 0.2) is 0 Å². The molecule has 20 heavy (non-hydrogen) atoms. The van der Waals surface area contributed by atoms with Gasteiger partial charge in [0.25, 0.3) is 0 Å². The zero-order valence-electron chi connectivity index (χ0n) is 12.1. The van der Waals surface area contributed by atoms with Crippen LogP contribution < -0.4 is 16.4 Å². The van der Waals surface area contributed by atoms with Crippen LogP contribution in [0.25, 0.3) is 0 Å². The van der Waals surface area contributed by atoms with Gasteiger partial charge in [0.2, 0.25) is 5.91 Å². The lowest BCUT2D eigenvalue weighted by Crippen LogP contribution is -2.26. The highest BCUT2D eigenvalue weighted by Gasteiger charge is 2.32. The zero-order chi connectivity index (χ0) is 14.2. The van der Waals surface area contributed by atoms with Gasteiger partial charge in [0.05, 0.1) is 17.8 Å². The van der Waals surface area contributed by atoms with Crippen molar-refractivity contribution in [1.29, 1.82) is 0 Å². The summed E-state index contributed by atoms with van der Waals surface area (Å²) >= 11 is 0. The first kappa shape index (κ1) is 13.3. The van der Waals surface area contributed by atoms with Crippen LogP contribution in [0.15, 0.2) is 12.1 Å². The average Bonchev–Trinajstić information content (AvgIpc) is 3.02. The molecule has 4 N–H and O–H groups in total. The minimum Gasteiger partial charge on any atom is -0.397 e. The van der Waals surface area contributed by atoms with Crippen LogP contribution >= 0.6 is 0 Å². The van der Waals surface area contributed by atoms with E-state index in [-0.39, 0.29) is 5.91 Å². The Hall–Kier alpha value is -1.71. The van der Waals surface area contributed by atoms with Gasteiger partial charge in [0, 0.05) is 12.2 Å². The fraction of sp³-hybridized carbons (Fsp3) is 0.562. The molecule has 1 aliphatic carbocycles. The molecule has 1 aliphatic heterocycles. The first-order valence-corrected chi connectivity index (χ1v) is 7.58. The summed E-state index contributed by atoms with van der Waals surface area (Å²) in [5.41, 5.74) is 10.1. The van der Waals surface area contributed by atoms with Crippen molar-refractivity contribution in [3.63, 3.8) is 0 Å². The Morgan fingerprint density at radius 1 is 1.35 bits per heavy atom. The lowest BCUT2D eigenvalue weighted by Gasteiger charge is -2.28. The third-order valence-electron chi connectivity index (χ3n) is 4.97. The monoisotopic (exact) mass is 273 g/mol. The minimum atomic E-state index is 0.0531. The summed E-state index contributed by atoms with van der Waals surface area (Å²) in [6.45, 7) is 3.25. The SMILES string of the molecule is CCC1(CNc2cc3c(cc2N)CC(=O)N3)CCCC1. The summed E-state index contributed by atoms with van der Waals surface area (Å²) in [6, 6.07) is 3.90. The lowest BCUT2D eigenvalue weighted by molar-refractivity contribution is -0.115. The Balaban J connectivity index is 1.75. The van der Waals surface area contributed by atoms with Gasteiger partial charge in [-0.15, -0.1) is 0 Å².